The molecule has 0 bridgehead atoms. The van der Waals surface area contributed by atoms with Gasteiger partial charge in [0, 0.05) is 37.4 Å². The van der Waals surface area contributed by atoms with E-state index in [0.717, 1.165) is 24.3 Å². The molecule has 0 aromatic heterocycles. The van der Waals surface area contributed by atoms with Crippen molar-refractivity contribution in [3.63, 3.8) is 0 Å². The molecule has 1 atom stereocenters. The molecule has 0 aliphatic carbocycles. The Hall–Kier alpha value is -2.49. The number of nitrogens with one attached hydrogen (secondary N) is 2. The summed E-state index contributed by atoms with van der Waals surface area (Å²) < 4.78 is 0. The number of carbonyl (C=O) groups excluding carboxylic acids is 1. The number of amides is 1. The molecule has 1 amide bonds. The van der Waals surface area contributed by atoms with Gasteiger partial charge in [-0.25, -0.2) is 0 Å². The van der Waals surface area contributed by atoms with Crippen molar-refractivity contribution in [2.75, 3.05) is 29.9 Å². The third-order valence-electron chi connectivity index (χ3n) is 4.95. The third-order valence-corrected chi connectivity index (χ3v) is 4.95. The molecule has 1 fully saturated rings. The smallest absolute Gasteiger partial charge is 0.222 e. The second-order valence-electron chi connectivity index (χ2n) is 6.97. The van der Waals surface area contributed by atoms with Gasteiger partial charge in [0.25, 0.3) is 0 Å². The number of rotatable bonds is 7. The normalized spacial score (nSPS) is 15.3. The van der Waals surface area contributed by atoms with Gasteiger partial charge in [-0.15, -0.1) is 0 Å². The highest BCUT2D eigenvalue weighted by Gasteiger charge is 2.11. The van der Waals surface area contributed by atoms with Crippen molar-refractivity contribution in [1.82, 2.24) is 5.32 Å². The number of hydrogen-bond donors (Lipinski definition) is 2. The van der Waals surface area contributed by atoms with Crippen molar-refractivity contribution in [3.05, 3.63) is 60.2 Å². The van der Waals surface area contributed by atoms with Crippen LogP contribution >= 0.6 is 0 Å². The molecule has 1 heterocycles. The van der Waals surface area contributed by atoms with Crippen LogP contribution in [0.1, 0.15) is 44.2 Å². The fraction of sp³-hybridized carbons (Fsp3) is 0.409. The summed E-state index contributed by atoms with van der Waals surface area (Å²) in [5.41, 5.74) is 3.49. The van der Waals surface area contributed by atoms with Crippen LogP contribution in [0.3, 0.4) is 0 Å². The molecule has 2 aromatic carbocycles. The molecular formula is C22H29N3O. The van der Waals surface area contributed by atoms with E-state index < -0.39 is 0 Å². The second-order valence-corrected chi connectivity index (χ2v) is 6.97. The molecule has 3 rings (SSSR count). The monoisotopic (exact) mass is 351 g/mol. The van der Waals surface area contributed by atoms with E-state index in [0.29, 0.717) is 13.0 Å². The van der Waals surface area contributed by atoms with Crippen LogP contribution in [0.4, 0.5) is 11.4 Å². The fourth-order valence-electron chi connectivity index (χ4n) is 3.40. The zero-order chi connectivity index (χ0) is 18.2. The molecule has 4 heteroatoms. The first-order valence-electron chi connectivity index (χ1n) is 9.65. The first-order valence-corrected chi connectivity index (χ1v) is 9.65. The van der Waals surface area contributed by atoms with E-state index in [1.165, 1.54) is 24.9 Å². The number of piperidine rings is 1. The number of anilines is 2. The number of benzene rings is 2. The summed E-state index contributed by atoms with van der Waals surface area (Å²) in [5.74, 6) is 0.0683. The second kappa shape index (κ2) is 9.27. The van der Waals surface area contributed by atoms with Crippen LogP contribution < -0.4 is 15.5 Å². The van der Waals surface area contributed by atoms with Crippen LogP contribution in [0.5, 0.6) is 0 Å². The lowest BCUT2D eigenvalue weighted by Gasteiger charge is -2.28. The minimum atomic E-state index is 0.0347. The largest absolute Gasteiger partial charge is 0.385 e. The molecule has 1 aliphatic heterocycles. The van der Waals surface area contributed by atoms with Crippen LogP contribution in [-0.2, 0) is 4.79 Å². The summed E-state index contributed by atoms with van der Waals surface area (Å²) in [6, 6.07) is 18.6. The zero-order valence-corrected chi connectivity index (χ0v) is 15.6. The molecule has 138 valence electrons. The summed E-state index contributed by atoms with van der Waals surface area (Å²) in [6.45, 7) is 4.97. The maximum Gasteiger partial charge on any atom is 0.222 e. The minimum Gasteiger partial charge on any atom is -0.385 e. The van der Waals surface area contributed by atoms with Gasteiger partial charge in [-0.05, 0) is 56.0 Å². The molecule has 0 saturated carbocycles. The molecule has 2 N–H and O–H groups in total. The SMILES string of the molecule is CC(NC(=O)CCNc1ccc(N2CCCCC2)cc1)c1ccccc1. The van der Waals surface area contributed by atoms with Crippen LogP contribution in [-0.4, -0.2) is 25.5 Å². The Morgan fingerprint density at radius 1 is 1.00 bits per heavy atom. The highest BCUT2D eigenvalue weighted by atomic mass is 16.1. The Balaban J connectivity index is 1.40. The van der Waals surface area contributed by atoms with Crippen LogP contribution in [0.2, 0.25) is 0 Å². The van der Waals surface area contributed by atoms with Gasteiger partial charge < -0.3 is 15.5 Å². The highest BCUT2D eigenvalue weighted by Crippen LogP contribution is 2.21. The fourth-order valence-corrected chi connectivity index (χ4v) is 3.40. The first kappa shape index (κ1) is 18.3. The van der Waals surface area contributed by atoms with Crippen molar-refractivity contribution >= 4 is 17.3 Å². The van der Waals surface area contributed by atoms with Gasteiger partial charge in [-0.3, -0.25) is 4.79 Å². The lowest BCUT2D eigenvalue weighted by atomic mass is 10.1. The molecular weight excluding hydrogens is 322 g/mol. The standard InChI is InChI=1S/C22H29N3O/c1-18(19-8-4-2-5-9-19)24-22(26)14-15-23-20-10-12-21(13-11-20)25-16-6-3-7-17-25/h2,4-5,8-13,18,23H,3,6-7,14-17H2,1H3,(H,24,26). The first-order chi connectivity index (χ1) is 12.7. The summed E-state index contributed by atoms with van der Waals surface area (Å²) in [6.07, 6.45) is 4.39. The number of nitrogens with zero attached hydrogens (tertiary/aromatic N) is 1. The van der Waals surface area contributed by atoms with E-state index in [2.05, 4.69) is 39.8 Å². The quantitative estimate of drug-likeness (QED) is 0.779. The molecule has 1 unspecified atom stereocenters. The topological polar surface area (TPSA) is 44.4 Å². The third kappa shape index (κ3) is 5.25. The van der Waals surface area contributed by atoms with Crippen LogP contribution in [0.15, 0.2) is 54.6 Å². The molecule has 0 spiro atoms. The van der Waals surface area contributed by atoms with Gasteiger partial charge in [0.05, 0.1) is 6.04 Å². The van der Waals surface area contributed by atoms with E-state index in [1.807, 2.05) is 37.3 Å². The molecule has 4 nitrogen and oxygen atoms in total. The van der Waals surface area contributed by atoms with Crippen molar-refractivity contribution in [2.45, 2.75) is 38.6 Å². The van der Waals surface area contributed by atoms with Crippen molar-refractivity contribution < 1.29 is 4.79 Å². The van der Waals surface area contributed by atoms with Gasteiger partial charge in [-0.2, -0.15) is 0 Å². The molecule has 1 aliphatic rings. The summed E-state index contributed by atoms with van der Waals surface area (Å²) in [4.78, 5) is 14.6. The Bertz CT molecular complexity index is 678. The van der Waals surface area contributed by atoms with Crippen molar-refractivity contribution in [1.29, 1.82) is 0 Å². The molecule has 26 heavy (non-hydrogen) atoms. The Kier molecular flexibility index (Phi) is 6.53. The van der Waals surface area contributed by atoms with Crippen LogP contribution in [0, 0.1) is 0 Å². The average Bonchev–Trinajstić information content (AvgIpc) is 2.70. The van der Waals surface area contributed by atoms with E-state index in [9.17, 15) is 4.79 Å². The van der Waals surface area contributed by atoms with E-state index in [1.54, 1.807) is 0 Å². The van der Waals surface area contributed by atoms with Crippen molar-refractivity contribution in [2.24, 2.45) is 0 Å². The van der Waals surface area contributed by atoms with Gasteiger partial charge in [0.2, 0.25) is 5.91 Å². The Morgan fingerprint density at radius 3 is 2.38 bits per heavy atom. The predicted molar refractivity (Wildman–Crippen MR) is 109 cm³/mol. The van der Waals surface area contributed by atoms with E-state index in [4.69, 9.17) is 0 Å². The Morgan fingerprint density at radius 2 is 1.69 bits per heavy atom. The summed E-state index contributed by atoms with van der Waals surface area (Å²) in [5, 5.41) is 6.39. The van der Waals surface area contributed by atoms with Gasteiger partial charge in [0.1, 0.15) is 0 Å². The predicted octanol–water partition coefficient (Wildman–Crippen LogP) is 4.36. The van der Waals surface area contributed by atoms with Crippen molar-refractivity contribution in [3.8, 4) is 0 Å². The van der Waals surface area contributed by atoms with E-state index in [-0.39, 0.29) is 11.9 Å². The average molecular weight is 351 g/mol. The zero-order valence-electron chi connectivity index (χ0n) is 15.6. The maximum atomic E-state index is 12.1. The highest BCUT2D eigenvalue weighted by molar-refractivity contribution is 5.77. The molecule has 2 aromatic rings. The minimum absolute atomic E-state index is 0.0347. The number of hydrogen-bond acceptors (Lipinski definition) is 3. The lowest BCUT2D eigenvalue weighted by Crippen LogP contribution is -2.29. The van der Waals surface area contributed by atoms with Gasteiger partial charge in [0.15, 0.2) is 0 Å². The lowest BCUT2D eigenvalue weighted by molar-refractivity contribution is -0.121. The van der Waals surface area contributed by atoms with Gasteiger partial charge >= 0.3 is 0 Å². The summed E-state index contributed by atoms with van der Waals surface area (Å²) >= 11 is 0. The van der Waals surface area contributed by atoms with E-state index >= 15 is 0 Å². The molecule has 0 radical (unpaired) electrons. The maximum absolute atomic E-state index is 12.1. The summed E-state index contributed by atoms with van der Waals surface area (Å²) in [7, 11) is 0. The van der Waals surface area contributed by atoms with Crippen LogP contribution in [0.25, 0.3) is 0 Å². The van der Waals surface area contributed by atoms with Gasteiger partial charge in [-0.1, -0.05) is 30.3 Å². The molecule has 1 saturated heterocycles. The number of carbonyl (C=O) groups is 1. The Labute approximate surface area is 156 Å².